The number of rotatable bonds is 4. The maximum absolute atomic E-state index is 14.6. The summed E-state index contributed by atoms with van der Waals surface area (Å²) in [4.78, 5) is 33.3. The average Bonchev–Trinajstić information content (AvgIpc) is 2.86. The molecule has 4 saturated carbocycles. The normalized spacial score (nSPS) is 47.3. The fraction of sp³-hybridized carbons (Fsp3) is 0.879. The van der Waals surface area contributed by atoms with Gasteiger partial charge < -0.3 is 0 Å². The fourth-order valence-electron chi connectivity index (χ4n) is 11.3. The number of fused-ring (bicyclic) bond motifs is 7. The highest BCUT2D eigenvalue weighted by molar-refractivity contribution is 7.88. The molecular weight excluding hydrogens is 536 g/mol. The minimum atomic E-state index is -3.33. The molecule has 0 aromatic heterocycles. The Morgan fingerprint density at radius 3 is 2.22 bits per heavy atom. The third kappa shape index (κ3) is 4.34. The van der Waals surface area contributed by atoms with Gasteiger partial charge in [-0.3, -0.25) is 14.4 Å². The maximum Gasteiger partial charge on any atom is 0.251 e. The second-order valence-corrected chi connectivity index (χ2v) is 18.3. The van der Waals surface area contributed by atoms with Crippen LogP contribution in [0.25, 0.3) is 0 Å². The van der Waals surface area contributed by atoms with E-state index in [2.05, 4.69) is 53.2 Å². The van der Waals surface area contributed by atoms with Crippen molar-refractivity contribution >= 4 is 21.7 Å². The molecule has 9 atom stereocenters. The summed E-state index contributed by atoms with van der Waals surface area (Å²) >= 11 is 0. The number of nitrogens with one attached hydrogen (secondary N) is 1. The molecule has 1 amide bonds. The van der Waals surface area contributed by atoms with Crippen molar-refractivity contribution in [2.75, 3.05) is 20.4 Å². The summed E-state index contributed by atoms with van der Waals surface area (Å²) < 4.78 is 27.4. The minimum absolute atomic E-state index is 0.0239. The monoisotopic (exact) mass is 590 g/mol. The number of hydrogen-bond donors (Lipinski definition) is 1. The van der Waals surface area contributed by atoms with E-state index in [-0.39, 0.29) is 62.6 Å². The average molecular weight is 591 g/mol. The quantitative estimate of drug-likeness (QED) is 0.411. The number of sulfonamides is 1. The summed E-state index contributed by atoms with van der Waals surface area (Å²) in [6, 6.07) is -0.126. The van der Waals surface area contributed by atoms with Crippen LogP contribution < -0.4 is 4.72 Å². The predicted octanol–water partition coefficient (Wildman–Crippen LogP) is 5.90. The topological polar surface area (TPSA) is 92.8 Å². The van der Waals surface area contributed by atoms with Crippen molar-refractivity contribution in [1.82, 2.24) is 9.79 Å². The molecule has 0 bridgehead atoms. The van der Waals surface area contributed by atoms with Gasteiger partial charge in [-0.15, -0.1) is 0 Å². The first kappa shape index (κ1) is 31.2. The van der Waals surface area contributed by atoms with Gasteiger partial charge in [-0.2, -0.15) is 0 Å². The zero-order chi connectivity index (χ0) is 30.6. The molecule has 5 rings (SSSR count). The first-order chi connectivity index (χ1) is 18.7. The number of carbonyl (C=O) groups excluding carboxylic acids is 2. The van der Waals surface area contributed by atoms with Crippen LogP contribution in [-0.4, -0.2) is 51.6 Å². The fourth-order valence-corrected chi connectivity index (χ4v) is 12.3. The Morgan fingerprint density at radius 2 is 1.61 bits per heavy atom. The summed E-state index contributed by atoms with van der Waals surface area (Å²) in [5.74, 6) is 0.622. The molecule has 0 aromatic carbocycles. The van der Waals surface area contributed by atoms with Crippen LogP contribution in [0.3, 0.4) is 0 Å². The van der Waals surface area contributed by atoms with Crippen molar-refractivity contribution in [2.45, 2.75) is 112 Å². The molecule has 41 heavy (non-hydrogen) atoms. The van der Waals surface area contributed by atoms with E-state index in [1.165, 1.54) is 24.0 Å². The smallest absolute Gasteiger partial charge is 0.251 e. The van der Waals surface area contributed by atoms with E-state index in [0.717, 1.165) is 57.8 Å². The highest BCUT2D eigenvalue weighted by Crippen LogP contribution is 2.75. The predicted molar refractivity (Wildman–Crippen MR) is 161 cm³/mol. The van der Waals surface area contributed by atoms with Gasteiger partial charge in [0.05, 0.1) is 13.4 Å². The van der Waals surface area contributed by atoms with E-state index in [1.54, 1.807) is 7.05 Å². The van der Waals surface area contributed by atoms with Gasteiger partial charge >= 0.3 is 0 Å². The molecule has 4 fully saturated rings. The van der Waals surface area contributed by atoms with Gasteiger partial charge in [0.15, 0.2) is 5.78 Å². The van der Waals surface area contributed by atoms with Gasteiger partial charge in [-0.1, -0.05) is 54.0 Å². The summed E-state index contributed by atoms with van der Waals surface area (Å²) in [6.07, 6.45) is 11.6. The van der Waals surface area contributed by atoms with Crippen LogP contribution in [0.1, 0.15) is 106 Å². The minimum Gasteiger partial charge on any atom is -0.295 e. The Labute approximate surface area is 248 Å². The standard InChI is InChI=1S/C33H54N2O5S/c1-28(2)24-11-14-33(7)26(31(24,5)13-12-25(28)34-41(10,38)39)23(36)19-21-22-20-30(4,27(37)35(8)40-9)16-15-29(22,3)17-18-32(21,33)6/h19,22,24-26,34H,11-18,20H2,1-10H3/t22-,24?,25+,26+,29+,30-,31-,32+,33+/m0/s1. The molecule has 232 valence electrons. The first-order valence-corrected chi connectivity index (χ1v) is 17.6. The van der Waals surface area contributed by atoms with Gasteiger partial charge in [-0.25, -0.2) is 18.2 Å². The molecule has 8 heteroatoms. The number of ketones is 1. The zero-order valence-electron chi connectivity index (χ0n) is 27.1. The number of carbonyl (C=O) groups is 2. The molecule has 1 N–H and O–H groups in total. The summed E-state index contributed by atoms with van der Waals surface area (Å²) in [7, 11) is -0.0892. The lowest BCUT2D eigenvalue weighted by atomic mass is 9.33. The third-order valence-electron chi connectivity index (χ3n) is 14.0. The van der Waals surface area contributed by atoms with Gasteiger partial charge in [0, 0.05) is 24.4 Å². The SMILES string of the molecule is CON(C)C(=O)[C@@]1(C)CC[C@]2(C)CC[C@]3(C)C(=CC(=O)[C@@H]4[C@@]5(C)CC[C@@H](NS(C)(=O)=O)C(C)(C)C5CC[C@]43C)[C@@H]2C1. The van der Waals surface area contributed by atoms with E-state index in [1.807, 2.05) is 6.08 Å². The summed E-state index contributed by atoms with van der Waals surface area (Å²) in [6.45, 7) is 16.0. The lowest BCUT2D eigenvalue weighted by molar-refractivity contribution is -0.192. The molecule has 0 saturated heterocycles. The van der Waals surface area contributed by atoms with E-state index in [4.69, 9.17) is 4.84 Å². The number of allylic oxidation sites excluding steroid dienone is 2. The Kier molecular flexibility index (Phi) is 7.13. The van der Waals surface area contributed by atoms with Crippen LogP contribution in [0, 0.1) is 50.2 Å². The van der Waals surface area contributed by atoms with Crippen molar-refractivity contribution in [2.24, 2.45) is 50.2 Å². The number of nitrogens with zero attached hydrogens (tertiary/aromatic N) is 1. The van der Waals surface area contributed by atoms with Crippen LogP contribution >= 0.6 is 0 Å². The number of hydroxylamine groups is 2. The Balaban J connectivity index is 1.55. The molecule has 0 aromatic rings. The lowest BCUT2D eigenvalue weighted by Gasteiger charge is -2.70. The first-order valence-electron chi connectivity index (χ1n) is 15.7. The molecule has 1 unspecified atom stereocenters. The molecule has 0 heterocycles. The highest BCUT2D eigenvalue weighted by atomic mass is 32.2. The molecule has 5 aliphatic rings. The third-order valence-corrected chi connectivity index (χ3v) is 14.8. The van der Waals surface area contributed by atoms with Crippen LogP contribution in [0.15, 0.2) is 11.6 Å². The van der Waals surface area contributed by atoms with Gasteiger partial charge in [0.25, 0.3) is 5.91 Å². The van der Waals surface area contributed by atoms with Crippen molar-refractivity contribution in [3.05, 3.63) is 11.6 Å². The zero-order valence-corrected chi connectivity index (χ0v) is 28.0. The second kappa shape index (κ2) is 9.37. The van der Waals surface area contributed by atoms with Crippen molar-refractivity contribution < 1.29 is 22.8 Å². The maximum atomic E-state index is 14.6. The summed E-state index contributed by atoms with van der Waals surface area (Å²) in [5, 5.41) is 1.38. The van der Waals surface area contributed by atoms with Crippen LogP contribution in [0.5, 0.6) is 0 Å². The number of hydrogen-bond acceptors (Lipinski definition) is 5. The van der Waals surface area contributed by atoms with Crippen molar-refractivity contribution in [3.63, 3.8) is 0 Å². The second-order valence-electron chi connectivity index (χ2n) is 16.5. The van der Waals surface area contributed by atoms with E-state index in [0.29, 0.717) is 0 Å². The van der Waals surface area contributed by atoms with Gasteiger partial charge in [-0.05, 0) is 103 Å². The molecule has 7 nitrogen and oxygen atoms in total. The molecule has 5 aliphatic carbocycles. The number of amides is 1. The largest absolute Gasteiger partial charge is 0.295 e. The van der Waals surface area contributed by atoms with Gasteiger partial charge in [0.1, 0.15) is 0 Å². The Hall–Kier alpha value is -1.25. The molecule has 0 aliphatic heterocycles. The highest BCUT2D eigenvalue weighted by Gasteiger charge is 2.70. The Morgan fingerprint density at radius 1 is 0.976 bits per heavy atom. The lowest BCUT2D eigenvalue weighted by Crippen LogP contribution is -2.67. The van der Waals surface area contributed by atoms with Crippen molar-refractivity contribution in [1.29, 1.82) is 0 Å². The van der Waals surface area contributed by atoms with Crippen LogP contribution in [0.4, 0.5) is 0 Å². The molecular formula is C33H54N2O5S. The van der Waals surface area contributed by atoms with Crippen LogP contribution in [0.2, 0.25) is 0 Å². The summed E-state index contributed by atoms with van der Waals surface area (Å²) in [5.41, 5.74) is 0.0911. The van der Waals surface area contributed by atoms with E-state index >= 15 is 0 Å². The van der Waals surface area contributed by atoms with E-state index < -0.39 is 15.4 Å². The van der Waals surface area contributed by atoms with Gasteiger partial charge in [0.2, 0.25) is 10.0 Å². The van der Waals surface area contributed by atoms with Crippen molar-refractivity contribution in [3.8, 4) is 0 Å². The Bertz CT molecular complexity index is 1280. The van der Waals surface area contributed by atoms with E-state index in [9.17, 15) is 18.0 Å². The molecule has 0 radical (unpaired) electrons. The molecule has 0 spiro atoms. The van der Waals surface area contributed by atoms with Crippen LogP contribution in [-0.2, 0) is 24.4 Å².